The molecule has 2 rings (SSSR count). The average Bonchev–Trinajstić information content (AvgIpc) is 2.24. The maximum absolute atomic E-state index is 12.2. The first-order valence-electron chi connectivity index (χ1n) is 5.67. The van der Waals surface area contributed by atoms with Crippen LogP contribution in [0.4, 0.5) is 0 Å². The number of hydrogen-bond acceptors (Lipinski definition) is 1. The largest absolute Gasteiger partial charge is 0.259 e. The van der Waals surface area contributed by atoms with Gasteiger partial charge in [0.05, 0.1) is 0 Å². The zero-order chi connectivity index (χ0) is 14.7. The summed E-state index contributed by atoms with van der Waals surface area (Å²) in [5.41, 5.74) is 1.68. The van der Waals surface area contributed by atoms with E-state index in [4.69, 9.17) is 46.4 Å². The van der Waals surface area contributed by atoms with Gasteiger partial charge in [-0.25, -0.2) is 0 Å². The third-order valence-corrected chi connectivity index (χ3v) is 4.68. The molecule has 2 aromatic rings. The molecule has 0 aliphatic carbocycles. The third kappa shape index (κ3) is 4.94. The summed E-state index contributed by atoms with van der Waals surface area (Å²) in [4.78, 5) is 0. The van der Waals surface area contributed by atoms with Crippen LogP contribution >= 0.6 is 46.4 Å². The van der Waals surface area contributed by atoms with Gasteiger partial charge in [-0.1, -0.05) is 46.4 Å². The van der Waals surface area contributed by atoms with Crippen LogP contribution in [0.5, 0.6) is 0 Å². The van der Waals surface area contributed by atoms with Crippen LogP contribution in [0.25, 0.3) is 0 Å². The predicted molar refractivity (Wildman–Crippen MR) is 88.5 cm³/mol. The van der Waals surface area contributed by atoms with Crippen LogP contribution in [0.2, 0.25) is 20.1 Å². The van der Waals surface area contributed by atoms with Crippen molar-refractivity contribution in [1.29, 1.82) is 0 Å². The molecule has 0 saturated heterocycles. The molecule has 0 amide bonds. The fourth-order valence-electron chi connectivity index (χ4n) is 1.81. The van der Waals surface area contributed by atoms with Crippen molar-refractivity contribution < 1.29 is 4.21 Å². The summed E-state index contributed by atoms with van der Waals surface area (Å²) < 4.78 is 12.2. The molecule has 6 heteroatoms. The van der Waals surface area contributed by atoms with E-state index in [1.54, 1.807) is 36.4 Å². The quantitative estimate of drug-likeness (QED) is 0.672. The highest BCUT2D eigenvalue weighted by molar-refractivity contribution is 7.83. The van der Waals surface area contributed by atoms with Crippen molar-refractivity contribution in [3.05, 3.63) is 67.6 Å². The summed E-state index contributed by atoms with van der Waals surface area (Å²) in [5, 5.41) is 2.15. The molecule has 0 bridgehead atoms. The molecule has 0 atom stereocenters. The summed E-state index contributed by atoms with van der Waals surface area (Å²) in [6.07, 6.45) is 0. The Morgan fingerprint density at radius 1 is 0.650 bits per heavy atom. The SMILES string of the molecule is O=S(Cc1cc(Cl)cc(Cl)c1)Cc1cc(Cl)cc(Cl)c1. The van der Waals surface area contributed by atoms with Gasteiger partial charge < -0.3 is 0 Å². The van der Waals surface area contributed by atoms with Crippen molar-refractivity contribution >= 4 is 57.2 Å². The van der Waals surface area contributed by atoms with Crippen LogP contribution in [-0.4, -0.2) is 4.21 Å². The first-order valence-corrected chi connectivity index (χ1v) is 8.67. The monoisotopic (exact) mass is 366 g/mol. The fraction of sp³-hybridized carbons (Fsp3) is 0.143. The Bertz CT molecular complexity index is 562. The van der Waals surface area contributed by atoms with E-state index in [9.17, 15) is 4.21 Å². The lowest BCUT2D eigenvalue weighted by atomic mass is 10.2. The molecule has 0 spiro atoms. The maximum atomic E-state index is 12.2. The third-order valence-electron chi connectivity index (χ3n) is 2.50. The lowest BCUT2D eigenvalue weighted by Gasteiger charge is -2.05. The van der Waals surface area contributed by atoms with E-state index in [-0.39, 0.29) is 0 Å². The minimum atomic E-state index is -1.09. The highest BCUT2D eigenvalue weighted by atomic mass is 35.5. The van der Waals surface area contributed by atoms with Gasteiger partial charge in [-0.2, -0.15) is 0 Å². The predicted octanol–water partition coefficient (Wildman–Crippen LogP) is 5.75. The van der Waals surface area contributed by atoms with Gasteiger partial charge in [-0.15, -0.1) is 0 Å². The van der Waals surface area contributed by atoms with Gasteiger partial charge >= 0.3 is 0 Å². The minimum Gasteiger partial charge on any atom is -0.259 e. The second-order valence-electron chi connectivity index (χ2n) is 4.28. The van der Waals surface area contributed by atoms with Gasteiger partial charge in [0.25, 0.3) is 0 Å². The number of rotatable bonds is 4. The maximum Gasteiger partial charge on any atom is 0.0490 e. The molecule has 0 N–H and O–H groups in total. The van der Waals surface area contributed by atoms with E-state index in [0.29, 0.717) is 31.6 Å². The topological polar surface area (TPSA) is 17.1 Å². The Morgan fingerprint density at radius 3 is 1.25 bits per heavy atom. The Morgan fingerprint density at radius 2 is 0.950 bits per heavy atom. The van der Waals surface area contributed by atoms with Crippen molar-refractivity contribution in [3.63, 3.8) is 0 Å². The smallest absolute Gasteiger partial charge is 0.0490 e. The fourth-order valence-corrected chi connectivity index (χ4v) is 4.13. The van der Waals surface area contributed by atoms with Gasteiger partial charge in [0.2, 0.25) is 0 Å². The van der Waals surface area contributed by atoms with Crippen molar-refractivity contribution in [2.24, 2.45) is 0 Å². The minimum absolute atomic E-state index is 0.379. The lowest BCUT2D eigenvalue weighted by molar-refractivity contribution is 0.682. The van der Waals surface area contributed by atoms with Crippen LogP contribution in [0.1, 0.15) is 11.1 Å². The lowest BCUT2D eigenvalue weighted by Crippen LogP contribution is -1.99. The van der Waals surface area contributed by atoms with E-state index in [1.165, 1.54) is 0 Å². The molecule has 2 aromatic carbocycles. The van der Waals surface area contributed by atoms with Gasteiger partial charge in [0.1, 0.15) is 0 Å². The number of hydrogen-bond donors (Lipinski definition) is 0. The van der Waals surface area contributed by atoms with Crippen molar-refractivity contribution in [3.8, 4) is 0 Å². The Kier molecular flexibility index (Phi) is 5.76. The molecule has 0 unspecified atom stereocenters. The molecule has 1 nitrogen and oxygen atoms in total. The van der Waals surface area contributed by atoms with Gasteiger partial charge in [-0.3, -0.25) is 4.21 Å². The van der Waals surface area contributed by atoms with Gasteiger partial charge in [-0.05, 0) is 47.5 Å². The van der Waals surface area contributed by atoms with Crippen LogP contribution in [0.15, 0.2) is 36.4 Å². The molecule has 0 saturated carbocycles. The normalized spacial score (nSPS) is 11.1. The Balaban J connectivity index is 2.08. The van der Waals surface area contributed by atoms with Crippen LogP contribution < -0.4 is 0 Å². The standard InChI is InChI=1S/C14H10Cl4OS/c15-11-1-9(2-12(16)5-11)7-20(19)8-10-3-13(17)6-14(18)4-10/h1-6H,7-8H2. The van der Waals surface area contributed by atoms with E-state index in [2.05, 4.69) is 0 Å². The highest BCUT2D eigenvalue weighted by Gasteiger charge is 2.07. The first kappa shape index (κ1) is 16.1. The molecule has 0 radical (unpaired) electrons. The number of halogens is 4. The van der Waals surface area contributed by atoms with Crippen molar-refractivity contribution in [1.82, 2.24) is 0 Å². The number of benzene rings is 2. The summed E-state index contributed by atoms with van der Waals surface area (Å²) in [5.74, 6) is 0.759. The molecule has 0 aromatic heterocycles. The van der Waals surface area contributed by atoms with Crippen LogP contribution in [0, 0.1) is 0 Å². The van der Waals surface area contributed by atoms with Gasteiger partial charge in [0, 0.05) is 42.4 Å². The average molecular weight is 368 g/mol. The summed E-state index contributed by atoms with van der Waals surface area (Å²) in [6, 6.07) is 10.3. The Hall–Kier alpha value is -0.250. The molecular formula is C14H10Cl4OS. The zero-order valence-corrected chi connectivity index (χ0v) is 14.0. The van der Waals surface area contributed by atoms with Crippen LogP contribution in [-0.2, 0) is 22.3 Å². The second kappa shape index (κ2) is 7.15. The summed E-state index contributed by atoms with van der Waals surface area (Å²) in [7, 11) is -1.09. The zero-order valence-electron chi connectivity index (χ0n) is 10.2. The summed E-state index contributed by atoms with van der Waals surface area (Å²) in [6.45, 7) is 0. The summed E-state index contributed by atoms with van der Waals surface area (Å²) >= 11 is 23.7. The van der Waals surface area contributed by atoms with E-state index < -0.39 is 10.8 Å². The molecule has 0 aliphatic heterocycles. The first-order chi connectivity index (χ1) is 9.42. The van der Waals surface area contributed by atoms with E-state index >= 15 is 0 Å². The Labute approximate surface area is 140 Å². The molecule has 0 fully saturated rings. The molecule has 0 heterocycles. The molecular weight excluding hydrogens is 358 g/mol. The van der Waals surface area contributed by atoms with E-state index in [1.807, 2.05) is 0 Å². The van der Waals surface area contributed by atoms with Crippen molar-refractivity contribution in [2.75, 3.05) is 0 Å². The highest BCUT2D eigenvalue weighted by Crippen LogP contribution is 2.23. The second-order valence-corrected chi connectivity index (χ2v) is 7.49. The van der Waals surface area contributed by atoms with E-state index in [0.717, 1.165) is 11.1 Å². The van der Waals surface area contributed by atoms with Gasteiger partial charge in [0.15, 0.2) is 0 Å². The molecule has 106 valence electrons. The molecule has 20 heavy (non-hydrogen) atoms. The van der Waals surface area contributed by atoms with Crippen LogP contribution in [0.3, 0.4) is 0 Å². The van der Waals surface area contributed by atoms with Crippen molar-refractivity contribution in [2.45, 2.75) is 11.5 Å². The molecule has 0 aliphatic rings.